The average Bonchev–Trinajstić information content (AvgIpc) is 3.11. The smallest absolute Gasteiger partial charge is 0.253 e. The highest BCUT2D eigenvalue weighted by Gasteiger charge is 2.28. The van der Waals surface area contributed by atoms with Crippen molar-refractivity contribution in [1.29, 1.82) is 10.8 Å². The summed E-state index contributed by atoms with van der Waals surface area (Å²) in [7, 11) is 0. The van der Waals surface area contributed by atoms with Gasteiger partial charge in [0, 0.05) is 55.6 Å². The number of nitrogens with zero attached hydrogens (tertiary/aromatic N) is 4. The van der Waals surface area contributed by atoms with Crippen LogP contribution in [0.4, 0.5) is 17.2 Å². The third-order valence-electron chi connectivity index (χ3n) is 7.47. The van der Waals surface area contributed by atoms with Crippen molar-refractivity contribution >= 4 is 34.8 Å². The zero-order chi connectivity index (χ0) is 27.6. The molecule has 0 saturated carbocycles. The summed E-state index contributed by atoms with van der Waals surface area (Å²) in [6.45, 7) is 5.83. The highest BCUT2D eigenvalue weighted by atomic mass is 16.2. The van der Waals surface area contributed by atoms with E-state index in [1.165, 1.54) is 0 Å². The lowest BCUT2D eigenvalue weighted by Gasteiger charge is -2.35. The van der Waals surface area contributed by atoms with Gasteiger partial charge in [0.2, 0.25) is 0 Å². The Morgan fingerprint density at radius 3 is 2.45 bits per heavy atom. The normalized spacial score (nSPS) is 15.1. The van der Waals surface area contributed by atoms with E-state index in [-0.39, 0.29) is 17.6 Å². The van der Waals surface area contributed by atoms with E-state index in [1.54, 1.807) is 11.1 Å². The van der Waals surface area contributed by atoms with E-state index in [9.17, 15) is 4.79 Å². The maximum Gasteiger partial charge on any atom is 0.253 e. The van der Waals surface area contributed by atoms with Crippen LogP contribution < -0.4 is 10.2 Å². The van der Waals surface area contributed by atoms with Gasteiger partial charge in [0.15, 0.2) is 5.82 Å². The van der Waals surface area contributed by atoms with E-state index in [0.717, 1.165) is 47.6 Å². The Morgan fingerprint density at radius 2 is 1.68 bits per heavy atom. The zero-order valence-corrected chi connectivity index (χ0v) is 22.4. The maximum absolute atomic E-state index is 12.9. The second kappa shape index (κ2) is 10.7. The molecule has 1 fully saturated rings. The molecule has 1 amide bonds. The van der Waals surface area contributed by atoms with Gasteiger partial charge in [0.05, 0.1) is 11.4 Å². The Bertz CT molecular complexity index is 1590. The summed E-state index contributed by atoms with van der Waals surface area (Å²) in [5, 5.41) is 21.4. The molecule has 2 aliphatic rings. The van der Waals surface area contributed by atoms with E-state index in [1.807, 2.05) is 96.8 Å². The molecule has 2 aliphatic heterocycles. The number of rotatable bonds is 4. The third-order valence-corrected chi connectivity index (χ3v) is 7.47. The first-order valence-corrected chi connectivity index (χ1v) is 13.4. The van der Waals surface area contributed by atoms with Crippen LogP contribution in [0.1, 0.15) is 32.6 Å². The number of anilines is 3. The van der Waals surface area contributed by atoms with Crippen LogP contribution in [0, 0.1) is 17.7 Å². The SMILES string of the molecule is Cc1cccc(C(=O)N2CCN(Cc3ccc(C(=N)N4C(=N)c5ccccc5Nc5ncccc54)cc3)CC2)c1. The minimum absolute atomic E-state index is 0.0971. The largest absolute Gasteiger partial charge is 0.338 e. The summed E-state index contributed by atoms with van der Waals surface area (Å²) in [6, 6.07) is 27.1. The van der Waals surface area contributed by atoms with Gasteiger partial charge in [-0.05, 0) is 48.9 Å². The van der Waals surface area contributed by atoms with E-state index in [4.69, 9.17) is 10.8 Å². The van der Waals surface area contributed by atoms with Gasteiger partial charge in [-0.25, -0.2) is 4.98 Å². The highest BCUT2D eigenvalue weighted by molar-refractivity contribution is 6.30. The molecule has 0 spiro atoms. The van der Waals surface area contributed by atoms with Crippen LogP contribution in [0.5, 0.6) is 0 Å². The monoisotopic (exact) mass is 529 g/mol. The standard InChI is InChI=1S/C32H31N7O/c1-22-6-4-7-25(20-22)32(40)38-18-16-37(17-19-38)21-23-11-13-24(14-12-23)29(33)39-28-10-5-15-35-31(28)36-27-9-3-2-8-26(27)30(39)34/h2-15,20,33-34H,16-19,21H2,1H3,(H,35,36). The van der Waals surface area contributed by atoms with Gasteiger partial charge >= 0.3 is 0 Å². The molecular weight excluding hydrogens is 498 g/mol. The number of nitrogens with one attached hydrogen (secondary N) is 3. The van der Waals surface area contributed by atoms with Crippen molar-refractivity contribution in [3.8, 4) is 0 Å². The van der Waals surface area contributed by atoms with E-state index >= 15 is 0 Å². The van der Waals surface area contributed by atoms with Crippen molar-refractivity contribution < 1.29 is 4.79 Å². The van der Waals surface area contributed by atoms with Crippen LogP contribution in [0.25, 0.3) is 0 Å². The number of carbonyl (C=O) groups is 1. The maximum atomic E-state index is 12.9. The molecular formula is C32H31N7O. The van der Waals surface area contributed by atoms with Crippen LogP contribution in [0.3, 0.4) is 0 Å². The van der Waals surface area contributed by atoms with Crippen LogP contribution in [-0.2, 0) is 6.54 Å². The molecule has 40 heavy (non-hydrogen) atoms. The van der Waals surface area contributed by atoms with Gasteiger partial charge < -0.3 is 10.2 Å². The number of fused-ring (bicyclic) bond motifs is 2. The van der Waals surface area contributed by atoms with Crippen LogP contribution >= 0.6 is 0 Å². The number of piperazine rings is 1. The van der Waals surface area contributed by atoms with Gasteiger partial charge in [0.1, 0.15) is 11.7 Å². The van der Waals surface area contributed by atoms with Gasteiger partial charge in [-0.2, -0.15) is 0 Å². The fourth-order valence-corrected chi connectivity index (χ4v) is 5.30. The van der Waals surface area contributed by atoms with E-state index < -0.39 is 0 Å². The number of benzene rings is 3. The molecule has 200 valence electrons. The Labute approximate surface area is 233 Å². The summed E-state index contributed by atoms with van der Waals surface area (Å²) >= 11 is 0. The second-order valence-corrected chi connectivity index (χ2v) is 10.2. The lowest BCUT2D eigenvalue weighted by molar-refractivity contribution is 0.0628. The summed E-state index contributed by atoms with van der Waals surface area (Å²) in [6.07, 6.45) is 1.71. The molecule has 0 unspecified atom stereocenters. The average molecular weight is 530 g/mol. The number of hydrogen-bond acceptors (Lipinski definition) is 6. The quantitative estimate of drug-likeness (QED) is 0.247. The number of carbonyl (C=O) groups excluding carboxylic acids is 1. The highest BCUT2D eigenvalue weighted by Crippen LogP contribution is 2.34. The van der Waals surface area contributed by atoms with Gasteiger partial charge in [-0.3, -0.25) is 25.4 Å². The molecule has 8 nitrogen and oxygen atoms in total. The summed E-state index contributed by atoms with van der Waals surface area (Å²) < 4.78 is 0. The molecule has 0 aliphatic carbocycles. The zero-order valence-electron chi connectivity index (χ0n) is 22.4. The number of para-hydroxylation sites is 1. The predicted octanol–water partition coefficient (Wildman–Crippen LogP) is 5.26. The predicted molar refractivity (Wildman–Crippen MR) is 159 cm³/mol. The van der Waals surface area contributed by atoms with Crippen molar-refractivity contribution in [1.82, 2.24) is 14.8 Å². The summed E-state index contributed by atoms with van der Waals surface area (Å²) in [5.74, 6) is 1.15. The number of amidine groups is 2. The molecule has 3 N–H and O–H groups in total. The van der Waals surface area contributed by atoms with E-state index in [0.29, 0.717) is 30.2 Å². The first-order valence-electron chi connectivity index (χ1n) is 13.4. The minimum atomic E-state index is 0.0971. The lowest BCUT2D eigenvalue weighted by Crippen LogP contribution is -2.48. The molecule has 1 saturated heterocycles. The van der Waals surface area contributed by atoms with Crippen LogP contribution in [-0.4, -0.2) is 58.5 Å². The first-order chi connectivity index (χ1) is 19.5. The molecule has 8 heteroatoms. The number of pyridine rings is 1. The molecule has 4 aromatic rings. The Kier molecular flexibility index (Phi) is 6.84. The fraction of sp³-hybridized carbons (Fsp3) is 0.188. The van der Waals surface area contributed by atoms with Crippen molar-refractivity contribution in [3.05, 3.63) is 119 Å². The molecule has 0 bridgehead atoms. The molecule has 0 atom stereocenters. The van der Waals surface area contributed by atoms with Crippen molar-refractivity contribution in [3.63, 3.8) is 0 Å². The number of aromatic nitrogens is 1. The Hall–Kier alpha value is -4.82. The summed E-state index contributed by atoms with van der Waals surface area (Å²) in [5.41, 5.74) is 5.88. The fourth-order valence-electron chi connectivity index (χ4n) is 5.30. The summed E-state index contributed by atoms with van der Waals surface area (Å²) in [4.78, 5) is 23.3. The minimum Gasteiger partial charge on any atom is -0.338 e. The van der Waals surface area contributed by atoms with Crippen molar-refractivity contribution in [2.24, 2.45) is 0 Å². The number of amides is 1. The Morgan fingerprint density at radius 1 is 0.900 bits per heavy atom. The molecule has 6 rings (SSSR count). The second-order valence-electron chi connectivity index (χ2n) is 10.2. The van der Waals surface area contributed by atoms with Crippen LogP contribution in [0.15, 0.2) is 91.1 Å². The Balaban J connectivity index is 1.14. The first kappa shape index (κ1) is 25.5. The van der Waals surface area contributed by atoms with Crippen molar-refractivity contribution in [2.45, 2.75) is 13.5 Å². The van der Waals surface area contributed by atoms with Gasteiger partial charge in [-0.1, -0.05) is 54.1 Å². The molecule has 3 heterocycles. The number of aryl methyl sites for hydroxylation is 1. The topological polar surface area (TPSA) is 99.4 Å². The number of hydrogen-bond donors (Lipinski definition) is 3. The van der Waals surface area contributed by atoms with E-state index in [2.05, 4.69) is 15.2 Å². The third kappa shape index (κ3) is 4.97. The van der Waals surface area contributed by atoms with Crippen molar-refractivity contribution in [2.75, 3.05) is 36.4 Å². The molecule has 1 aromatic heterocycles. The van der Waals surface area contributed by atoms with Gasteiger partial charge in [-0.15, -0.1) is 0 Å². The lowest BCUT2D eigenvalue weighted by atomic mass is 10.1. The molecule has 3 aromatic carbocycles. The van der Waals surface area contributed by atoms with Gasteiger partial charge in [0.25, 0.3) is 5.91 Å². The molecule has 0 radical (unpaired) electrons. The van der Waals surface area contributed by atoms with Crippen LogP contribution in [0.2, 0.25) is 0 Å².